The Hall–Kier alpha value is -0.610. The lowest BCUT2D eigenvalue weighted by molar-refractivity contribution is -0.122. The van der Waals surface area contributed by atoms with E-state index in [2.05, 4.69) is 5.32 Å². The van der Waals surface area contributed by atoms with Gasteiger partial charge in [-0.05, 0) is 32.6 Å². The molecule has 1 aliphatic carbocycles. The third-order valence-corrected chi connectivity index (χ3v) is 3.64. The highest BCUT2D eigenvalue weighted by Crippen LogP contribution is 2.34. The fraction of sp³-hybridized carbons (Fsp3) is 0.917. The van der Waals surface area contributed by atoms with E-state index in [9.17, 15) is 4.79 Å². The Morgan fingerprint density at radius 2 is 2.31 bits per heavy atom. The standard InChI is InChI=1S/C12H22N2O2/c1-8(13)7-12(15)14-10-3-2-4-11-9(10)5-6-16-11/h8-11H,2-7,13H2,1H3,(H,14,15). The molecule has 4 unspecified atom stereocenters. The summed E-state index contributed by atoms with van der Waals surface area (Å²) in [6.07, 6.45) is 5.31. The fourth-order valence-corrected chi connectivity index (χ4v) is 2.91. The van der Waals surface area contributed by atoms with Crippen LogP contribution in [0.15, 0.2) is 0 Å². The third-order valence-electron chi connectivity index (χ3n) is 3.64. The van der Waals surface area contributed by atoms with Gasteiger partial charge in [0.05, 0.1) is 6.10 Å². The first kappa shape index (κ1) is 11.9. The maximum Gasteiger partial charge on any atom is 0.221 e. The highest BCUT2D eigenvalue weighted by molar-refractivity contribution is 5.76. The Balaban J connectivity index is 1.86. The van der Waals surface area contributed by atoms with E-state index < -0.39 is 0 Å². The summed E-state index contributed by atoms with van der Waals surface area (Å²) in [4.78, 5) is 11.7. The van der Waals surface area contributed by atoms with Crippen LogP contribution in [0.4, 0.5) is 0 Å². The van der Waals surface area contributed by atoms with Crippen molar-refractivity contribution in [2.45, 2.75) is 57.2 Å². The molecule has 1 aliphatic heterocycles. The zero-order valence-electron chi connectivity index (χ0n) is 9.95. The van der Waals surface area contributed by atoms with Crippen molar-refractivity contribution < 1.29 is 9.53 Å². The van der Waals surface area contributed by atoms with E-state index in [-0.39, 0.29) is 11.9 Å². The largest absolute Gasteiger partial charge is 0.378 e. The summed E-state index contributed by atoms with van der Waals surface area (Å²) in [5.74, 6) is 0.623. The number of ether oxygens (including phenoxy) is 1. The SMILES string of the molecule is CC(N)CC(=O)NC1CCCC2OCCC12. The van der Waals surface area contributed by atoms with Crippen LogP contribution in [0.25, 0.3) is 0 Å². The van der Waals surface area contributed by atoms with Crippen molar-refractivity contribution in [3.63, 3.8) is 0 Å². The highest BCUT2D eigenvalue weighted by Gasteiger charge is 2.38. The molecule has 2 rings (SSSR count). The lowest BCUT2D eigenvalue weighted by atomic mass is 9.81. The second-order valence-electron chi connectivity index (χ2n) is 5.15. The van der Waals surface area contributed by atoms with E-state index in [0.29, 0.717) is 24.5 Å². The van der Waals surface area contributed by atoms with Gasteiger partial charge in [-0.1, -0.05) is 0 Å². The molecule has 1 heterocycles. The Morgan fingerprint density at radius 3 is 3.06 bits per heavy atom. The molecule has 16 heavy (non-hydrogen) atoms. The van der Waals surface area contributed by atoms with Crippen molar-refractivity contribution in [2.75, 3.05) is 6.61 Å². The predicted molar refractivity (Wildman–Crippen MR) is 61.9 cm³/mol. The maximum atomic E-state index is 11.7. The molecule has 1 saturated heterocycles. The quantitative estimate of drug-likeness (QED) is 0.748. The van der Waals surface area contributed by atoms with Crippen molar-refractivity contribution >= 4 is 5.91 Å². The van der Waals surface area contributed by atoms with Gasteiger partial charge in [-0.15, -0.1) is 0 Å². The van der Waals surface area contributed by atoms with Gasteiger partial charge in [0.15, 0.2) is 0 Å². The number of nitrogens with two attached hydrogens (primary N) is 1. The molecule has 4 heteroatoms. The lowest BCUT2D eigenvalue weighted by Crippen LogP contribution is -2.46. The average Bonchev–Trinajstić information content (AvgIpc) is 2.65. The van der Waals surface area contributed by atoms with Gasteiger partial charge in [0.2, 0.25) is 5.91 Å². The summed E-state index contributed by atoms with van der Waals surface area (Å²) in [7, 11) is 0. The molecular weight excluding hydrogens is 204 g/mol. The van der Waals surface area contributed by atoms with Gasteiger partial charge < -0.3 is 15.8 Å². The van der Waals surface area contributed by atoms with E-state index >= 15 is 0 Å². The summed E-state index contributed by atoms with van der Waals surface area (Å²) >= 11 is 0. The van der Waals surface area contributed by atoms with Gasteiger partial charge in [0, 0.05) is 31.0 Å². The van der Waals surface area contributed by atoms with Gasteiger partial charge in [-0.3, -0.25) is 4.79 Å². The Bertz CT molecular complexity index is 255. The summed E-state index contributed by atoms with van der Waals surface area (Å²) < 4.78 is 5.67. The number of fused-ring (bicyclic) bond motifs is 1. The number of carbonyl (C=O) groups is 1. The number of hydrogen-bond donors (Lipinski definition) is 2. The van der Waals surface area contributed by atoms with Crippen LogP contribution in [0.5, 0.6) is 0 Å². The van der Waals surface area contributed by atoms with Crippen LogP contribution in [0, 0.1) is 5.92 Å². The van der Waals surface area contributed by atoms with Gasteiger partial charge in [-0.25, -0.2) is 0 Å². The summed E-state index contributed by atoms with van der Waals surface area (Å²) in [5.41, 5.74) is 5.62. The first-order valence-corrected chi connectivity index (χ1v) is 6.33. The van der Waals surface area contributed by atoms with E-state index in [0.717, 1.165) is 32.3 Å². The first-order chi connectivity index (χ1) is 7.66. The molecule has 3 N–H and O–H groups in total. The van der Waals surface area contributed by atoms with Crippen LogP contribution < -0.4 is 11.1 Å². The van der Waals surface area contributed by atoms with Gasteiger partial charge in [-0.2, -0.15) is 0 Å². The van der Waals surface area contributed by atoms with Gasteiger partial charge >= 0.3 is 0 Å². The molecule has 92 valence electrons. The number of rotatable bonds is 3. The molecule has 2 fully saturated rings. The van der Waals surface area contributed by atoms with E-state index in [1.165, 1.54) is 0 Å². The minimum atomic E-state index is -0.0563. The number of amides is 1. The fourth-order valence-electron chi connectivity index (χ4n) is 2.91. The second-order valence-corrected chi connectivity index (χ2v) is 5.15. The molecule has 0 spiro atoms. The summed E-state index contributed by atoms with van der Waals surface area (Å²) in [5, 5.41) is 3.12. The van der Waals surface area contributed by atoms with Crippen LogP contribution in [0.2, 0.25) is 0 Å². The predicted octanol–water partition coefficient (Wildman–Crippen LogP) is 0.797. The molecule has 1 amide bonds. The van der Waals surface area contributed by atoms with Crippen LogP contribution >= 0.6 is 0 Å². The monoisotopic (exact) mass is 226 g/mol. The average molecular weight is 226 g/mol. The number of hydrogen-bond acceptors (Lipinski definition) is 3. The Morgan fingerprint density at radius 1 is 1.50 bits per heavy atom. The van der Waals surface area contributed by atoms with E-state index in [4.69, 9.17) is 10.5 Å². The highest BCUT2D eigenvalue weighted by atomic mass is 16.5. The molecule has 0 bridgehead atoms. The van der Waals surface area contributed by atoms with Crippen LogP contribution in [0.3, 0.4) is 0 Å². The second kappa shape index (κ2) is 5.15. The van der Waals surface area contributed by atoms with Crippen molar-refractivity contribution in [3.05, 3.63) is 0 Å². The molecule has 0 aromatic rings. The Labute approximate surface area is 96.9 Å². The lowest BCUT2D eigenvalue weighted by Gasteiger charge is -2.33. The molecule has 1 saturated carbocycles. The third kappa shape index (κ3) is 2.74. The zero-order valence-corrected chi connectivity index (χ0v) is 9.95. The van der Waals surface area contributed by atoms with Gasteiger partial charge in [0.25, 0.3) is 0 Å². The van der Waals surface area contributed by atoms with Gasteiger partial charge in [0.1, 0.15) is 0 Å². The topological polar surface area (TPSA) is 64.4 Å². The van der Waals surface area contributed by atoms with Crippen molar-refractivity contribution in [1.82, 2.24) is 5.32 Å². The molecule has 2 aliphatic rings. The molecule has 0 aromatic carbocycles. The first-order valence-electron chi connectivity index (χ1n) is 6.33. The van der Waals surface area contributed by atoms with E-state index in [1.54, 1.807) is 0 Å². The number of nitrogens with one attached hydrogen (secondary N) is 1. The maximum absolute atomic E-state index is 11.7. The Kier molecular flexibility index (Phi) is 3.82. The van der Waals surface area contributed by atoms with Crippen molar-refractivity contribution in [3.8, 4) is 0 Å². The molecule has 0 aromatic heterocycles. The summed E-state index contributed by atoms with van der Waals surface area (Å²) in [6.45, 7) is 2.72. The van der Waals surface area contributed by atoms with E-state index in [1.807, 2.05) is 6.92 Å². The smallest absolute Gasteiger partial charge is 0.221 e. The normalized spacial score (nSPS) is 35.5. The van der Waals surface area contributed by atoms with Crippen molar-refractivity contribution in [1.29, 1.82) is 0 Å². The summed E-state index contributed by atoms with van der Waals surface area (Å²) in [6, 6.07) is 0.256. The van der Waals surface area contributed by atoms with Crippen LogP contribution in [-0.4, -0.2) is 30.7 Å². The molecule has 4 nitrogen and oxygen atoms in total. The number of carbonyl (C=O) groups excluding carboxylic acids is 1. The molecule has 0 radical (unpaired) electrons. The molecule has 4 atom stereocenters. The minimum Gasteiger partial charge on any atom is -0.378 e. The van der Waals surface area contributed by atoms with Crippen molar-refractivity contribution in [2.24, 2.45) is 11.7 Å². The minimum absolute atomic E-state index is 0.0563. The van der Waals surface area contributed by atoms with Crippen LogP contribution in [-0.2, 0) is 9.53 Å². The zero-order chi connectivity index (χ0) is 11.5. The van der Waals surface area contributed by atoms with Crippen LogP contribution in [0.1, 0.15) is 39.0 Å². The molecular formula is C12H22N2O2.